The summed E-state index contributed by atoms with van der Waals surface area (Å²) in [5, 5.41) is 22.8. The van der Waals surface area contributed by atoms with Crippen LogP contribution in [0.3, 0.4) is 0 Å². The molecule has 7 aromatic carbocycles. The van der Waals surface area contributed by atoms with Gasteiger partial charge in [-0.1, -0.05) is 243 Å². The second-order valence-corrected chi connectivity index (χ2v) is 30.4. The zero-order valence-electron chi connectivity index (χ0n) is 66.6. The molecule has 2 aliphatic rings. The van der Waals surface area contributed by atoms with Gasteiger partial charge in [-0.05, 0) is 199 Å². The van der Waals surface area contributed by atoms with Crippen molar-refractivity contribution in [2.75, 3.05) is 19.1 Å². The molecule has 1 amide bonds. The Kier molecular flexibility index (Phi) is 42.5. The van der Waals surface area contributed by atoms with Crippen LogP contribution in [0.25, 0.3) is 0 Å². The molecule has 568 valence electrons. The largest absolute Gasteiger partial charge is 0.495 e. The molecule has 14 nitrogen and oxygen atoms in total. The molecule has 0 fully saturated rings. The number of ketones is 2. The van der Waals surface area contributed by atoms with Crippen molar-refractivity contribution in [1.82, 2.24) is 4.98 Å². The van der Waals surface area contributed by atoms with E-state index in [-0.39, 0.29) is 22.1 Å². The molecule has 10 rings (SSSR count). The second-order valence-electron chi connectivity index (χ2n) is 28.8. The maximum Gasteiger partial charge on any atom is 0.488 e. The number of H-pyrrole nitrogens is 1. The van der Waals surface area contributed by atoms with E-state index in [2.05, 4.69) is 168 Å². The number of amides is 1. The van der Waals surface area contributed by atoms with Gasteiger partial charge in [-0.15, -0.1) is 0 Å². The van der Waals surface area contributed by atoms with Gasteiger partial charge in [-0.25, -0.2) is 13.6 Å². The van der Waals surface area contributed by atoms with Gasteiger partial charge >= 0.3 is 7.12 Å². The van der Waals surface area contributed by atoms with Crippen LogP contribution in [0.2, 0.25) is 0 Å². The lowest BCUT2D eigenvalue weighted by atomic mass is 9.79. The van der Waals surface area contributed by atoms with Gasteiger partial charge in [0.15, 0.2) is 11.6 Å². The van der Waals surface area contributed by atoms with E-state index in [9.17, 15) is 27.6 Å². The highest BCUT2D eigenvalue weighted by atomic mass is 32.2. The Morgan fingerprint density at radius 2 is 1.11 bits per heavy atom. The number of carbonyl (C=O) groups is 3. The van der Waals surface area contributed by atoms with Gasteiger partial charge in [-0.2, -0.15) is 0 Å². The number of nitrogens with one attached hydrogen (secondary N) is 1. The first kappa shape index (κ1) is 92.3. The third kappa shape index (κ3) is 36.2. The number of sulfonamides is 1. The van der Waals surface area contributed by atoms with Gasteiger partial charge in [0.2, 0.25) is 21.5 Å². The van der Waals surface area contributed by atoms with E-state index in [0.717, 1.165) is 63.8 Å². The highest BCUT2D eigenvalue weighted by molar-refractivity contribution is 7.89. The molecule has 0 saturated carbocycles. The zero-order chi connectivity index (χ0) is 79.1. The molecule has 0 spiro atoms. The Bertz CT molecular complexity index is 4090. The normalized spacial score (nSPS) is 11.9. The first-order valence-corrected chi connectivity index (χ1v) is 38.2. The van der Waals surface area contributed by atoms with Crippen LogP contribution in [-0.2, 0) is 39.0 Å². The Labute approximate surface area is 631 Å². The topological polar surface area (TPSA) is 232 Å². The smallest absolute Gasteiger partial charge is 0.488 e. The number of nitrogens with zero attached hydrogens (tertiary/aromatic N) is 1. The number of Topliss-reactive ketones (excluding diaryl/α,β-unsaturated/α-hetero) is 2. The summed E-state index contributed by atoms with van der Waals surface area (Å²) in [6.07, 6.45) is 11.2. The molecule has 8 aromatic rings. The third-order valence-corrected chi connectivity index (χ3v) is 17.9. The van der Waals surface area contributed by atoms with E-state index < -0.39 is 17.1 Å². The van der Waals surface area contributed by atoms with Gasteiger partial charge < -0.3 is 35.1 Å². The minimum absolute atomic E-state index is 0.0220. The lowest BCUT2D eigenvalue weighted by Gasteiger charge is -2.25. The molecular formula is C89H123BN4O10S. The summed E-state index contributed by atoms with van der Waals surface area (Å²) in [4.78, 5) is 49.0. The number of aromatic amines is 1. The molecule has 16 heteroatoms. The summed E-state index contributed by atoms with van der Waals surface area (Å²) in [5.41, 5.74) is 20.3. The lowest BCUT2D eigenvalue weighted by Crippen LogP contribution is -2.29. The van der Waals surface area contributed by atoms with Crippen molar-refractivity contribution >= 4 is 45.8 Å². The van der Waals surface area contributed by atoms with Crippen molar-refractivity contribution in [1.29, 1.82) is 0 Å². The maximum atomic E-state index is 11.4. The minimum atomic E-state index is -3.56. The summed E-state index contributed by atoms with van der Waals surface area (Å²) in [6, 6.07) is 58.7. The molecule has 0 saturated heterocycles. The van der Waals surface area contributed by atoms with Gasteiger partial charge in [0.05, 0.1) is 30.4 Å². The number of methoxy groups -OCH3 is 1. The molecule has 0 radical (unpaired) electrons. The predicted molar refractivity (Wildman–Crippen MR) is 440 cm³/mol. The Morgan fingerprint density at radius 1 is 0.581 bits per heavy atom. The molecule has 0 atom stereocenters. The number of ether oxygens (including phenoxy) is 2. The van der Waals surface area contributed by atoms with Crippen molar-refractivity contribution in [2.45, 2.75) is 210 Å². The van der Waals surface area contributed by atoms with E-state index in [4.69, 9.17) is 30.4 Å². The summed E-state index contributed by atoms with van der Waals surface area (Å²) >= 11 is 0. The van der Waals surface area contributed by atoms with Crippen LogP contribution in [-0.4, -0.2) is 74.3 Å². The van der Waals surface area contributed by atoms with Crippen molar-refractivity contribution in [3.8, 4) is 5.75 Å². The number of fused-ring (bicyclic) bond motifs is 1. The minimum Gasteiger partial charge on any atom is -0.495 e. The van der Waals surface area contributed by atoms with Crippen LogP contribution in [0.4, 0.5) is 5.69 Å². The van der Waals surface area contributed by atoms with E-state index in [1.807, 2.05) is 145 Å². The third-order valence-electron chi connectivity index (χ3n) is 17.0. The van der Waals surface area contributed by atoms with Crippen LogP contribution in [0.15, 0.2) is 222 Å². The Balaban J connectivity index is 0.000000402. The van der Waals surface area contributed by atoms with Crippen molar-refractivity contribution < 1.29 is 42.3 Å². The Morgan fingerprint density at radius 3 is 1.61 bits per heavy atom. The quantitative estimate of drug-likeness (QED) is 0.0538. The van der Waals surface area contributed by atoms with E-state index in [1.54, 1.807) is 43.6 Å². The van der Waals surface area contributed by atoms with Gasteiger partial charge in [0.25, 0.3) is 0 Å². The molecule has 0 unspecified atom stereocenters. The number of benzene rings is 7. The van der Waals surface area contributed by atoms with E-state index in [0.29, 0.717) is 77.3 Å². The lowest BCUT2D eigenvalue weighted by molar-refractivity contribution is -0.115. The number of hydrogen-bond acceptors (Lipinski definition) is 11. The fourth-order valence-corrected chi connectivity index (χ4v) is 10.8. The van der Waals surface area contributed by atoms with Crippen LogP contribution >= 0.6 is 0 Å². The van der Waals surface area contributed by atoms with E-state index >= 15 is 0 Å². The van der Waals surface area contributed by atoms with Crippen LogP contribution in [0.1, 0.15) is 238 Å². The van der Waals surface area contributed by atoms with Crippen molar-refractivity contribution in [3.05, 3.63) is 284 Å². The number of allylic oxidation sites excluding steroid dienone is 4. The van der Waals surface area contributed by atoms with Gasteiger partial charge in [0, 0.05) is 49.3 Å². The molecule has 1 aromatic heterocycles. The molecule has 0 bridgehead atoms. The number of nitrogens with two attached hydrogens (primary N) is 2. The molecule has 2 aliphatic carbocycles. The van der Waals surface area contributed by atoms with Gasteiger partial charge in [0.1, 0.15) is 5.75 Å². The fraction of sp³-hybridized carbons (Fsp3) is 0.393. The maximum absolute atomic E-state index is 11.4. The SMILES string of the molecule is CC(C)C1=CC=CCC1=O.CC(C)OCc1ccccc1.CC(C)c1cc[nH]c(=O)c1.CC(C)c1ccc2c(c1)C(=O)CC2.CC(C)c1cccc(B(O)O)c1.CC(C)c1cccc(C(N)=O)c1.CC(C)c1cccc(S(N)(=O)=O)c1.COc1ccccc1N(C)C(C)C.Cc1ccccc1CC(C)C. The number of rotatable bonds is 17. The first-order valence-electron chi connectivity index (χ1n) is 36.7. The number of para-hydroxylation sites is 2. The zero-order valence-corrected chi connectivity index (χ0v) is 67.4. The standard InChI is InChI=1S/C12H14O.C11H17NO.C11H16.C10H13NO.C10H14O.C9H13BO2.C9H13NO2S.C9H12O.C8H11NO/c1-8(2)10-4-3-9-5-6-12(13)11(9)7-10;1-9(2)12(3)10-7-5-6-8-11(10)13-4;1-9(2)8-11-7-5-4-6-10(11)3;1-7(2)8-4-3-5-9(6-8)10(11)12;1-9(2)11-8-10-6-4-3-5-7-10;1-7(2)8-4-3-5-9(6-8)10(11)12;1-7(2)8-4-3-5-9(6-8)13(10,11)12;1-7(2)8-5-3-4-6-9(8)10;1-6(2)7-3-4-9-8(10)5-7/h3-4,7-8H,5-6H2,1-2H3;5-9H,1-4H3;4-7,9H,8H2,1-3H3;3-7H,1-2H3,(H2,11,12);3-7,9H,8H2,1-2H3;3-7,11-12H,1-2H3;3-7H,1-2H3,(H2,10,11,12);3-5,7H,6H2,1-2H3;3-6H,1-2H3,(H,9,10). The number of pyridine rings is 1. The van der Waals surface area contributed by atoms with Crippen LogP contribution < -0.4 is 31.5 Å². The molecule has 7 N–H and O–H groups in total. The van der Waals surface area contributed by atoms with Crippen LogP contribution in [0, 0.1) is 18.8 Å². The summed E-state index contributed by atoms with van der Waals surface area (Å²) in [5.74, 6) is 4.40. The number of carbonyl (C=O) groups excluding carboxylic acids is 3. The average molecular weight is 1450 g/mol. The molecule has 1 heterocycles. The monoisotopic (exact) mass is 1450 g/mol. The van der Waals surface area contributed by atoms with Crippen molar-refractivity contribution in [2.24, 2.45) is 22.7 Å². The number of aromatic nitrogens is 1. The average Bonchev–Trinajstić information content (AvgIpc) is 1.70. The van der Waals surface area contributed by atoms with Crippen LogP contribution in [0.5, 0.6) is 5.75 Å². The highest BCUT2D eigenvalue weighted by Crippen LogP contribution is 2.29. The summed E-state index contributed by atoms with van der Waals surface area (Å²) in [7, 11) is -1.14. The summed E-state index contributed by atoms with van der Waals surface area (Å²) in [6.45, 7) is 40.7. The molecule has 105 heavy (non-hydrogen) atoms. The predicted octanol–water partition coefficient (Wildman–Crippen LogP) is 18.7. The summed E-state index contributed by atoms with van der Waals surface area (Å²) < 4.78 is 32.7. The number of anilines is 1. The fourth-order valence-electron chi connectivity index (χ4n) is 10.2. The highest BCUT2D eigenvalue weighted by Gasteiger charge is 2.20. The number of primary amides is 1. The first-order chi connectivity index (χ1) is 49.4. The number of primary sulfonamides is 1. The second kappa shape index (κ2) is 48.4. The van der Waals surface area contributed by atoms with Crippen molar-refractivity contribution in [3.63, 3.8) is 0 Å². The van der Waals surface area contributed by atoms with E-state index in [1.165, 1.54) is 40.3 Å². The van der Waals surface area contributed by atoms with Gasteiger partial charge in [-0.3, -0.25) is 19.2 Å². The molecular weight excluding hydrogens is 1330 g/mol. The Hall–Kier alpha value is -8.77. The number of hydrogen-bond donors (Lipinski definition) is 5. The number of aryl methyl sites for hydroxylation is 2. The molecule has 0 aliphatic heterocycles.